The summed E-state index contributed by atoms with van der Waals surface area (Å²) in [5.41, 5.74) is 0.730. The summed E-state index contributed by atoms with van der Waals surface area (Å²) in [6, 6.07) is 11.0. The number of nitro benzene ring substituents is 1. The molecule has 3 rings (SSSR count). The third kappa shape index (κ3) is 4.59. The van der Waals surface area contributed by atoms with Crippen LogP contribution in [0.5, 0.6) is 11.5 Å². The molecule has 8 nitrogen and oxygen atoms in total. The summed E-state index contributed by atoms with van der Waals surface area (Å²) in [5, 5.41) is 20.3. The van der Waals surface area contributed by atoms with Crippen molar-refractivity contribution in [1.82, 2.24) is 4.90 Å². The zero-order valence-electron chi connectivity index (χ0n) is 14.4. The number of phenols is 1. The van der Waals surface area contributed by atoms with E-state index in [1.165, 1.54) is 18.2 Å². The lowest BCUT2D eigenvalue weighted by Gasteiger charge is -2.36. The normalized spacial score (nSPS) is 14.1. The van der Waals surface area contributed by atoms with Gasteiger partial charge in [0.25, 0.3) is 11.6 Å². The number of aromatic hydroxyl groups is 1. The van der Waals surface area contributed by atoms with Crippen LogP contribution < -0.4 is 9.64 Å². The van der Waals surface area contributed by atoms with E-state index >= 15 is 0 Å². The van der Waals surface area contributed by atoms with E-state index in [1.807, 2.05) is 12.1 Å². The summed E-state index contributed by atoms with van der Waals surface area (Å²) in [4.78, 5) is 26.5. The quantitative estimate of drug-likeness (QED) is 0.621. The van der Waals surface area contributed by atoms with E-state index in [1.54, 1.807) is 17.0 Å². The molecule has 0 saturated carbocycles. The number of nitro groups is 1. The van der Waals surface area contributed by atoms with E-state index in [-0.39, 0.29) is 34.7 Å². The standard InChI is InChI=1S/C18H18ClN3O5/c19-16-6-5-15(11-17(16)22(25)26)27-12-18(24)21-9-7-20(8-10-21)13-1-3-14(23)4-2-13/h1-6,11,23H,7-10,12H2. The molecular weight excluding hydrogens is 374 g/mol. The number of benzene rings is 2. The molecule has 0 aromatic heterocycles. The molecule has 0 spiro atoms. The maximum absolute atomic E-state index is 12.3. The zero-order chi connectivity index (χ0) is 19.4. The molecule has 1 aliphatic heterocycles. The van der Waals surface area contributed by atoms with Crippen molar-refractivity contribution in [3.63, 3.8) is 0 Å². The Hall–Kier alpha value is -3.00. The number of anilines is 1. The Balaban J connectivity index is 1.52. The van der Waals surface area contributed by atoms with E-state index in [9.17, 15) is 20.0 Å². The number of piperazine rings is 1. The average molecular weight is 392 g/mol. The van der Waals surface area contributed by atoms with Crippen LogP contribution in [0.3, 0.4) is 0 Å². The Morgan fingerprint density at radius 2 is 1.81 bits per heavy atom. The van der Waals surface area contributed by atoms with E-state index in [0.29, 0.717) is 26.2 Å². The molecule has 1 N–H and O–H groups in total. The van der Waals surface area contributed by atoms with Crippen molar-refractivity contribution in [1.29, 1.82) is 0 Å². The second-order valence-electron chi connectivity index (χ2n) is 6.04. The molecule has 9 heteroatoms. The van der Waals surface area contributed by atoms with E-state index < -0.39 is 4.92 Å². The molecule has 1 aliphatic rings. The summed E-state index contributed by atoms with van der Waals surface area (Å²) in [6.45, 7) is 2.23. The monoisotopic (exact) mass is 391 g/mol. The molecule has 27 heavy (non-hydrogen) atoms. The third-order valence-corrected chi connectivity index (χ3v) is 4.64. The van der Waals surface area contributed by atoms with Gasteiger partial charge in [-0.15, -0.1) is 0 Å². The van der Waals surface area contributed by atoms with Gasteiger partial charge < -0.3 is 19.6 Å². The molecule has 2 aromatic carbocycles. The van der Waals surface area contributed by atoms with Crippen molar-refractivity contribution in [3.8, 4) is 11.5 Å². The minimum atomic E-state index is -0.598. The Morgan fingerprint density at radius 1 is 1.15 bits per heavy atom. The number of carbonyl (C=O) groups excluding carboxylic acids is 1. The van der Waals surface area contributed by atoms with Gasteiger partial charge in [-0.05, 0) is 36.4 Å². The average Bonchev–Trinajstić information content (AvgIpc) is 2.67. The van der Waals surface area contributed by atoms with Crippen molar-refractivity contribution >= 4 is 28.9 Å². The summed E-state index contributed by atoms with van der Waals surface area (Å²) >= 11 is 5.76. The number of halogens is 1. The van der Waals surface area contributed by atoms with Crippen LogP contribution in [0.2, 0.25) is 5.02 Å². The van der Waals surface area contributed by atoms with Gasteiger partial charge in [0.15, 0.2) is 6.61 Å². The maximum Gasteiger partial charge on any atom is 0.291 e. The van der Waals surface area contributed by atoms with Crippen molar-refractivity contribution < 1.29 is 19.6 Å². The van der Waals surface area contributed by atoms with Crippen LogP contribution in [0.15, 0.2) is 42.5 Å². The number of nitrogens with zero attached hydrogens (tertiary/aromatic N) is 3. The fourth-order valence-electron chi connectivity index (χ4n) is 2.84. The van der Waals surface area contributed by atoms with Crippen molar-refractivity contribution in [2.45, 2.75) is 0 Å². The Labute approximate surface area is 160 Å². The van der Waals surface area contributed by atoms with Crippen LogP contribution in [-0.4, -0.2) is 53.6 Å². The molecule has 1 heterocycles. The highest BCUT2D eigenvalue weighted by atomic mass is 35.5. The zero-order valence-corrected chi connectivity index (χ0v) is 15.1. The number of hydrogen-bond acceptors (Lipinski definition) is 6. The lowest BCUT2D eigenvalue weighted by Crippen LogP contribution is -2.50. The first kappa shape index (κ1) is 18.8. The second-order valence-corrected chi connectivity index (χ2v) is 6.45. The van der Waals surface area contributed by atoms with Crippen molar-refractivity contribution in [2.24, 2.45) is 0 Å². The molecule has 142 valence electrons. The van der Waals surface area contributed by atoms with Gasteiger partial charge in [0, 0.05) is 31.9 Å². The predicted molar refractivity (Wildman–Crippen MR) is 101 cm³/mol. The van der Waals surface area contributed by atoms with Crippen LogP contribution in [-0.2, 0) is 4.79 Å². The van der Waals surface area contributed by atoms with Gasteiger partial charge in [0.2, 0.25) is 0 Å². The second kappa shape index (κ2) is 8.13. The summed E-state index contributed by atoms with van der Waals surface area (Å²) in [7, 11) is 0. The first-order chi connectivity index (χ1) is 12.9. The van der Waals surface area contributed by atoms with Gasteiger partial charge in [0.05, 0.1) is 11.0 Å². The number of ether oxygens (including phenoxy) is 1. The van der Waals surface area contributed by atoms with Crippen molar-refractivity contribution in [3.05, 3.63) is 57.6 Å². The van der Waals surface area contributed by atoms with Gasteiger partial charge in [0.1, 0.15) is 16.5 Å². The fourth-order valence-corrected chi connectivity index (χ4v) is 3.02. The molecule has 0 unspecified atom stereocenters. The summed E-state index contributed by atoms with van der Waals surface area (Å²) in [5.74, 6) is 0.257. The Kier molecular flexibility index (Phi) is 5.66. The predicted octanol–water partition coefficient (Wildman–Crippen LogP) is 2.68. The van der Waals surface area contributed by atoms with Crippen LogP contribution >= 0.6 is 11.6 Å². The molecular formula is C18H18ClN3O5. The lowest BCUT2D eigenvalue weighted by molar-refractivity contribution is -0.384. The minimum absolute atomic E-state index is 0.0176. The van der Waals surface area contributed by atoms with Crippen LogP contribution in [0, 0.1) is 10.1 Å². The minimum Gasteiger partial charge on any atom is -0.508 e. The van der Waals surface area contributed by atoms with Crippen LogP contribution in [0.25, 0.3) is 0 Å². The van der Waals surface area contributed by atoms with Crippen LogP contribution in [0.4, 0.5) is 11.4 Å². The topological polar surface area (TPSA) is 96.1 Å². The lowest BCUT2D eigenvalue weighted by atomic mass is 10.2. The highest BCUT2D eigenvalue weighted by Gasteiger charge is 2.22. The van der Waals surface area contributed by atoms with Gasteiger partial charge in [-0.2, -0.15) is 0 Å². The molecule has 0 radical (unpaired) electrons. The fraction of sp³-hybridized carbons (Fsp3) is 0.278. The van der Waals surface area contributed by atoms with Gasteiger partial charge in [-0.25, -0.2) is 0 Å². The van der Waals surface area contributed by atoms with E-state index in [0.717, 1.165) is 5.69 Å². The maximum atomic E-state index is 12.3. The number of amides is 1. The van der Waals surface area contributed by atoms with Gasteiger partial charge in [-0.3, -0.25) is 14.9 Å². The number of phenolic OH excluding ortho intramolecular Hbond substituents is 1. The van der Waals surface area contributed by atoms with Gasteiger partial charge >= 0.3 is 0 Å². The largest absolute Gasteiger partial charge is 0.508 e. The molecule has 1 fully saturated rings. The van der Waals surface area contributed by atoms with Crippen LogP contribution in [0.1, 0.15) is 0 Å². The number of rotatable bonds is 5. The van der Waals surface area contributed by atoms with Gasteiger partial charge in [-0.1, -0.05) is 11.6 Å². The van der Waals surface area contributed by atoms with Crippen molar-refractivity contribution in [2.75, 3.05) is 37.7 Å². The molecule has 0 atom stereocenters. The highest BCUT2D eigenvalue weighted by molar-refractivity contribution is 6.32. The van der Waals surface area contributed by atoms with E-state index in [2.05, 4.69) is 4.90 Å². The highest BCUT2D eigenvalue weighted by Crippen LogP contribution is 2.28. The molecule has 1 amide bonds. The molecule has 1 saturated heterocycles. The number of hydrogen-bond donors (Lipinski definition) is 1. The first-order valence-corrected chi connectivity index (χ1v) is 8.70. The van der Waals surface area contributed by atoms with E-state index in [4.69, 9.17) is 16.3 Å². The SMILES string of the molecule is O=C(COc1ccc(Cl)c([N+](=O)[O-])c1)N1CCN(c2ccc(O)cc2)CC1. The summed E-state index contributed by atoms with van der Waals surface area (Å²) in [6.07, 6.45) is 0. The Morgan fingerprint density at radius 3 is 2.44 bits per heavy atom. The third-order valence-electron chi connectivity index (χ3n) is 4.32. The Bertz CT molecular complexity index is 835. The smallest absolute Gasteiger partial charge is 0.291 e. The molecule has 2 aromatic rings. The number of carbonyl (C=O) groups is 1. The summed E-state index contributed by atoms with van der Waals surface area (Å²) < 4.78 is 5.40. The first-order valence-electron chi connectivity index (χ1n) is 8.32. The molecule has 0 bridgehead atoms. The molecule has 0 aliphatic carbocycles.